The van der Waals surface area contributed by atoms with Crippen LogP contribution < -0.4 is 15.4 Å². The van der Waals surface area contributed by atoms with E-state index in [1.54, 1.807) is 0 Å². The minimum atomic E-state index is 0.0350. The number of hydrogen-bond acceptors (Lipinski definition) is 7. The lowest BCUT2D eigenvalue weighted by Crippen LogP contribution is -2.26. The maximum atomic E-state index is 12.0. The fourth-order valence-corrected chi connectivity index (χ4v) is 4.55. The summed E-state index contributed by atoms with van der Waals surface area (Å²) < 4.78 is 6.37. The molecule has 150 valence electrons. The van der Waals surface area contributed by atoms with Gasteiger partial charge in [-0.1, -0.05) is 46.9 Å². The van der Waals surface area contributed by atoms with Crippen molar-refractivity contribution < 1.29 is 9.53 Å². The van der Waals surface area contributed by atoms with Crippen molar-refractivity contribution in [2.24, 2.45) is 0 Å². The molecule has 1 aliphatic rings. The van der Waals surface area contributed by atoms with Crippen LogP contribution in [0.15, 0.2) is 40.3 Å². The topological polar surface area (TPSA) is 76.1 Å². The Morgan fingerprint density at radius 3 is 3.00 bits per heavy atom. The first-order valence-corrected chi connectivity index (χ1v) is 11.4. The molecule has 0 radical (unpaired) electrons. The predicted octanol–water partition coefficient (Wildman–Crippen LogP) is 4.78. The van der Waals surface area contributed by atoms with Crippen LogP contribution in [0, 0.1) is 0 Å². The summed E-state index contributed by atoms with van der Waals surface area (Å²) in [4.78, 5) is 12.0. The maximum Gasteiger partial charge on any atom is 0.230 e. The van der Waals surface area contributed by atoms with Crippen molar-refractivity contribution in [2.75, 3.05) is 24.2 Å². The van der Waals surface area contributed by atoms with E-state index >= 15 is 0 Å². The van der Waals surface area contributed by atoms with Crippen LogP contribution in [-0.4, -0.2) is 35.0 Å². The van der Waals surface area contributed by atoms with E-state index in [2.05, 4.69) is 26.9 Å². The molecule has 0 aliphatic heterocycles. The molecule has 0 unspecified atom stereocenters. The summed E-state index contributed by atoms with van der Waals surface area (Å²) in [5.41, 5.74) is 2.33. The molecule has 0 saturated carbocycles. The van der Waals surface area contributed by atoms with Crippen LogP contribution in [0.4, 0.5) is 10.8 Å². The Hall–Kier alpha value is -2.06. The second-order valence-electron chi connectivity index (χ2n) is 6.42. The highest BCUT2D eigenvalue weighted by molar-refractivity contribution is 8.01. The van der Waals surface area contributed by atoms with Crippen molar-refractivity contribution in [1.82, 2.24) is 15.5 Å². The number of carbonyl (C=O) groups excluding carboxylic acids is 1. The van der Waals surface area contributed by atoms with E-state index in [1.165, 1.54) is 54.4 Å². The number of thioether (sulfide) groups is 1. The Balaban J connectivity index is 1.42. The summed E-state index contributed by atoms with van der Waals surface area (Å²) in [6.45, 7) is 3.26. The average Bonchev–Trinajstić information content (AvgIpc) is 3.16. The molecule has 1 amide bonds. The molecule has 3 rings (SSSR count). The Morgan fingerprint density at radius 1 is 1.29 bits per heavy atom. The van der Waals surface area contributed by atoms with Crippen LogP contribution in [-0.2, 0) is 4.79 Å². The number of para-hydroxylation sites is 2. The predicted molar refractivity (Wildman–Crippen MR) is 116 cm³/mol. The standard InChI is InChI=1S/C20H26N4O2S2/c1-2-26-17-11-7-6-10-16(17)22-19-23-24-20(28-19)27-14-18(25)21-13-12-15-8-4-3-5-9-15/h6-8,10-11H,2-5,9,12-14H2,1H3,(H,21,25)(H,22,23). The van der Waals surface area contributed by atoms with Gasteiger partial charge in [0.1, 0.15) is 5.75 Å². The van der Waals surface area contributed by atoms with Crippen LogP contribution in [0.2, 0.25) is 0 Å². The third-order valence-electron chi connectivity index (χ3n) is 4.32. The second kappa shape index (κ2) is 11.1. The fourth-order valence-electron chi connectivity index (χ4n) is 2.96. The number of allylic oxidation sites excluding steroid dienone is 1. The summed E-state index contributed by atoms with van der Waals surface area (Å²) in [6.07, 6.45) is 8.21. The van der Waals surface area contributed by atoms with Gasteiger partial charge < -0.3 is 15.4 Å². The Bertz CT molecular complexity index is 807. The molecule has 6 nitrogen and oxygen atoms in total. The molecule has 0 bridgehead atoms. The summed E-state index contributed by atoms with van der Waals surface area (Å²) >= 11 is 2.84. The van der Waals surface area contributed by atoms with Gasteiger partial charge in [0.15, 0.2) is 4.34 Å². The molecule has 0 saturated heterocycles. The lowest BCUT2D eigenvalue weighted by atomic mass is 9.97. The van der Waals surface area contributed by atoms with Gasteiger partial charge in [0, 0.05) is 6.54 Å². The van der Waals surface area contributed by atoms with E-state index in [1.807, 2.05) is 31.2 Å². The van der Waals surface area contributed by atoms with Gasteiger partial charge in [0.05, 0.1) is 18.0 Å². The van der Waals surface area contributed by atoms with Gasteiger partial charge in [-0.05, 0) is 51.2 Å². The van der Waals surface area contributed by atoms with Crippen molar-refractivity contribution in [2.45, 2.75) is 43.4 Å². The van der Waals surface area contributed by atoms with E-state index in [0.717, 1.165) is 22.2 Å². The van der Waals surface area contributed by atoms with E-state index in [9.17, 15) is 4.79 Å². The molecule has 28 heavy (non-hydrogen) atoms. The van der Waals surface area contributed by atoms with E-state index in [-0.39, 0.29) is 5.91 Å². The molecule has 0 spiro atoms. The molecular weight excluding hydrogens is 392 g/mol. The lowest BCUT2D eigenvalue weighted by Gasteiger charge is -2.12. The molecule has 1 aromatic heterocycles. The summed E-state index contributed by atoms with van der Waals surface area (Å²) in [7, 11) is 0. The maximum absolute atomic E-state index is 12.0. The molecule has 8 heteroatoms. The molecule has 2 N–H and O–H groups in total. The summed E-state index contributed by atoms with van der Waals surface area (Å²) in [5.74, 6) is 1.16. The zero-order chi connectivity index (χ0) is 19.6. The Morgan fingerprint density at radius 2 is 2.18 bits per heavy atom. The van der Waals surface area contributed by atoms with Crippen LogP contribution in [0.3, 0.4) is 0 Å². The summed E-state index contributed by atoms with van der Waals surface area (Å²) in [6, 6.07) is 7.72. The third kappa shape index (κ3) is 6.53. The number of aromatic nitrogens is 2. The van der Waals surface area contributed by atoms with Gasteiger partial charge in [0.2, 0.25) is 11.0 Å². The molecule has 1 aromatic carbocycles. The number of carbonyl (C=O) groups is 1. The second-order valence-corrected chi connectivity index (χ2v) is 8.62. The number of rotatable bonds is 10. The van der Waals surface area contributed by atoms with Crippen LogP contribution in [0.1, 0.15) is 39.0 Å². The molecule has 1 heterocycles. The molecule has 0 fully saturated rings. The first kappa shape index (κ1) is 20.7. The first-order valence-electron chi connectivity index (χ1n) is 9.64. The van der Waals surface area contributed by atoms with Gasteiger partial charge in [-0.2, -0.15) is 0 Å². The number of amides is 1. The van der Waals surface area contributed by atoms with Crippen molar-refractivity contribution in [3.8, 4) is 5.75 Å². The molecular formula is C20H26N4O2S2. The largest absolute Gasteiger partial charge is 0.492 e. The van der Waals surface area contributed by atoms with Crippen molar-refractivity contribution in [1.29, 1.82) is 0 Å². The van der Waals surface area contributed by atoms with Crippen LogP contribution in [0.5, 0.6) is 5.75 Å². The van der Waals surface area contributed by atoms with Gasteiger partial charge in [-0.3, -0.25) is 4.79 Å². The van der Waals surface area contributed by atoms with E-state index < -0.39 is 0 Å². The number of anilines is 2. The monoisotopic (exact) mass is 418 g/mol. The van der Waals surface area contributed by atoms with E-state index in [0.29, 0.717) is 24.0 Å². The van der Waals surface area contributed by atoms with Gasteiger partial charge in [-0.15, -0.1) is 10.2 Å². The number of nitrogens with zero attached hydrogens (tertiary/aromatic N) is 2. The average molecular weight is 419 g/mol. The normalized spacial score (nSPS) is 13.7. The number of hydrogen-bond donors (Lipinski definition) is 2. The number of benzene rings is 1. The minimum Gasteiger partial charge on any atom is -0.492 e. The molecule has 2 aromatic rings. The highest BCUT2D eigenvalue weighted by Crippen LogP contribution is 2.31. The number of ether oxygens (including phenoxy) is 1. The molecule has 1 aliphatic carbocycles. The SMILES string of the molecule is CCOc1ccccc1Nc1nnc(SCC(=O)NCCC2=CCCCC2)s1. The van der Waals surface area contributed by atoms with Crippen molar-refractivity contribution in [3.63, 3.8) is 0 Å². The fraction of sp³-hybridized carbons (Fsp3) is 0.450. The molecule has 0 atom stereocenters. The van der Waals surface area contributed by atoms with E-state index in [4.69, 9.17) is 4.74 Å². The smallest absolute Gasteiger partial charge is 0.230 e. The van der Waals surface area contributed by atoms with Crippen LogP contribution in [0.25, 0.3) is 0 Å². The zero-order valence-electron chi connectivity index (χ0n) is 16.1. The highest BCUT2D eigenvalue weighted by atomic mass is 32.2. The number of nitrogens with one attached hydrogen (secondary N) is 2. The zero-order valence-corrected chi connectivity index (χ0v) is 17.7. The van der Waals surface area contributed by atoms with Crippen LogP contribution >= 0.6 is 23.1 Å². The minimum absolute atomic E-state index is 0.0350. The quantitative estimate of drug-likeness (QED) is 0.427. The van der Waals surface area contributed by atoms with Gasteiger partial charge >= 0.3 is 0 Å². The summed E-state index contributed by atoms with van der Waals surface area (Å²) in [5, 5.41) is 15.2. The lowest BCUT2D eigenvalue weighted by molar-refractivity contribution is -0.118. The van der Waals surface area contributed by atoms with Crippen molar-refractivity contribution in [3.05, 3.63) is 35.9 Å². The third-order valence-corrected chi connectivity index (χ3v) is 6.29. The first-order chi connectivity index (χ1) is 13.7. The van der Waals surface area contributed by atoms with Gasteiger partial charge in [-0.25, -0.2) is 0 Å². The Labute approximate surface area is 174 Å². The Kier molecular flexibility index (Phi) is 8.17. The van der Waals surface area contributed by atoms with Crippen molar-refractivity contribution >= 4 is 39.8 Å². The highest BCUT2D eigenvalue weighted by Gasteiger charge is 2.10. The van der Waals surface area contributed by atoms with Gasteiger partial charge in [0.25, 0.3) is 0 Å².